The van der Waals surface area contributed by atoms with E-state index in [0.29, 0.717) is 11.7 Å². The average molecular weight is 286 g/mol. The Morgan fingerprint density at radius 3 is 2.00 bits per heavy atom. The van der Waals surface area contributed by atoms with Gasteiger partial charge in [-0.1, -0.05) is 11.4 Å². The summed E-state index contributed by atoms with van der Waals surface area (Å²) in [5.74, 6) is 0.764. The highest BCUT2D eigenvalue weighted by atomic mass is 32.9. The van der Waals surface area contributed by atoms with Gasteiger partial charge in [0.15, 0.2) is 0 Å². The zero-order chi connectivity index (χ0) is 12.8. The summed E-state index contributed by atoms with van der Waals surface area (Å²) >= 11 is 5.40. The number of hydrogen-bond donors (Lipinski definition) is 2. The van der Waals surface area contributed by atoms with E-state index in [9.17, 15) is 0 Å². The first-order valence-corrected chi connectivity index (χ1v) is 9.24. The largest absolute Gasteiger partial charge is 0.463 e. The Kier molecular flexibility index (Phi) is 7.68. The molecular weight excluding hydrogens is 267 g/mol. The molecule has 0 unspecified atom stereocenters. The summed E-state index contributed by atoms with van der Waals surface area (Å²) in [5.41, 5.74) is -3.20. The Bertz CT molecular complexity index is 261. The van der Waals surface area contributed by atoms with E-state index in [4.69, 9.17) is 19.3 Å². The minimum Gasteiger partial charge on any atom is -0.463 e. The molecule has 2 N–H and O–H groups in total. The van der Waals surface area contributed by atoms with Gasteiger partial charge in [-0.3, -0.25) is 0 Å². The maximum absolute atomic E-state index is 9.03. The van der Waals surface area contributed by atoms with Gasteiger partial charge in [0, 0.05) is 11.8 Å². The zero-order valence-electron chi connectivity index (χ0n) is 9.91. The molecule has 0 radical (unpaired) electrons. The normalized spacial score (nSPS) is 11.8. The zero-order valence-corrected chi connectivity index (χ0v) is 12.4. The van der Waals surface area contributed by atoms with Gasteiger partial charge in [0.25, 0.3) is 5.95 Å². The standard InChI is InChI=1S/C9H19O4PS2/c1-7(2)12-9(13-8(3)4)5-6-16-14(10,11)15/h5,7-8H,6H2,1-4H3,(H2,10,11,15). The van der Waals surface area contributed by atoms with Gasteiger partial charge in [-0.25, -0.2) is 0 Å². The van der Waals surface area contributed by atoms with Gasteiger partial charge in [-0.2, -0.15) is 0 Å². The molecule has 16 heavy (non-hydrogen) atoms. The van der Waals surface area contributed by atoms with E-state index in [-0.39, 0.29) is 12.2 Å². The molecule has 0 aromatic carbocycles. The van der Waals surface area contributed by atoms with Crippen LogP contribution >= 0.6 is 17.1 Å². The van der Waals surface area contributed by atoms with E-state index < -0.39 is 5.69 Å². The summed E-state index contributed by atoms with van der Waals surface area (Å²) in [6.45, 7) is 7.58. The highest BCUT2D eigenvalue weighted by Gasteiger charge is 2.09. The lowest BCUT2D eigenvalue weighted by Crippen LogP contribution is -2.10. The van der Waals surface area contributed by atoms with Crippen LogP contribution in [0.3, 0.4) is 0 Å². The van der Waals surface area contributed by atoms with Crippen LogP contribution in [0.1, 0.15) is 27.7 Å². The summed E-state index contributed by atoms with van der Waals surface area (Å²) in [5, 5.41) is 0. The van der Waals surface area contributed by atoms with Crippen molar-refractivity contribution in [3.05, 3.63) is 12.0 Å². The lowest BCUT2D eigenvalue weighted by atomic mass is 10.5. The molecule has 0 rings (SSSR count). The van der Waals surface area contributed by atoms with Crippen LogP contribution in [0.4, 0.5) is 0 Å². The van der Waals surface area contributed by atoms with Gasteiger partial charge >= 0.3 is 0 Å². The average Bonchev–Trinajstić information content (AvgIpc) is 1.98. The summed E-state index contributed by atoms with van der Waals surface area (Å²) in [6, 6.07) is 0. The number of hydrogen-bond acceptors (Lipinski definition) is 4. The van der Waals surface area contributed by atoms with Crippen LogP contribution in [0.2, 0.25) is 0 Å². The third-order valence-corrected chi connectivity index (χ3v) is 4.25. The highest BCUT2D eigenvalue weighted by Crippen LogP contribution is 2.50. The second kappa shape index (κ2) is 7.56. The SMILES string of the molecule is CC(C)OC(=CCSP(O)(O)=S)OC(C)C. The Morgan fingerprint density at radius 2 is 1.69 bits per heavy atom. The number of ether oxygens (including phenoxy) is 2. The molecule has 0 fully saturated rings. The molecule has 96 valence electrons. The first kappa shape index (κ1) is 16.3. The maximum Gasteiger partial charge on any atom is 0.276 e. The van der Waals surface area contributed by atoms with Gasteiger partial charge in [-0.15, -0.1) is 0 Å². The first-order chi connectivity index (χ1) is 7.20. The van der Waals surface area contributed by atoms with Crippen LogP contribution < -0.4 is 0 Å². The Labute approximate surface area is 106 Å². The van der Waals surface area contributed by atoms with Crippen molar-refractivity contribution in [1.29, 1.82) is 0 Å². The van der Waals surface area contributed by atoms with Crippen molar-refractivity contribution in [3.63, 3.8) is 0 Å². The smallest absolute Gasteiger partial charge is 0.276 e. The highest BCUT2D eigenvalue weighted by molar-refractivity contribution is 8.67. The van der Waals surface area contributed by atoms with Gasteiger partial charge in [-0.05, 0) is 39.5 Å². The third kappa shape index (κ3) is 10.8. The van der Waals surface area contributed by atoms with Crippen LogP contribution in [-0.4, -0.2) is 27.7 Å². The van der Waals surface area contributed by atoms with E-state index in [0.717, 1.165) is 11.4 Å². The van der Waals surface area contributed by atoms with Crippen LogP contribution in [0, 0.1) is 0 Å². The molecule has 0 spiro atoms. The summed E-state index contributed by atoms with van der Waals surface area (Å²) in [7, 11) is 0. The summed E-state index contributed by atoms with van der Waals surface area (Å²) in [4.78, 5) is 18.1. The van der Waals surface area contributed by atoms with Crippen molar-refractivity contribution < 1.29 is 19.3 Å². The van der Waals surface area contributed by atoms with E-state index >= 15 is 0 Å². The van der Waals surface area contributed by atoms with Crippen molar-refractivity contribution in [3.8, 4) is 0 Å². The predicted octanol–water partition coefficient (Wildman–Crippen LogP) is 2.62. The van der Waals surface area contributed by atoms with Crippen LogP contribution in [0.25, 0.3) is 0 Å². The molecule has 0 aromatic rings. The molecule has 0 saturated heterocycles. The molecule has 0 saturated carbocycles. The fourth-order valence-corrected chi connectivity index (χ4v) is 2.55. The molecular formula is C9H19O4PS2. The van der Waals surface area contributed by atoms with Crippen LogP contribution in [0.15, 0.2) is 12.0 Å². The van der Waals surface area contributed by atoms with Crippen molar-refractivity contribution in [2.45, 2.75) is 39.9 Å². The van der Waals surface area contributed by atoms with E-state index in [1.165, 1.54) is 0 Å². The molecule has 0 aliphatic rings. The van der Waals surface area contributed by atoms with Gasteiger partial charge < -0.3 is 19.3 Å². The van der Waals surface area contributed by atoms with E-state index in [2.05, 4.69) is 11.8 Å². The Balaban J connectivity index is 4.27. The topological polar surface area (TPSA) is 58.9 Å². The molecule has 0 aromatic heterocycles. The van der Waals surface area contributed by atoms with Gasteiger partial charge in [0.1, 0.15) is 0 Å². The molecule has 4 nitrogen and oxygen atoms in total. The van der Waals surface area contributed by atoms with Crippen molar-refractivity contribution in [1.82, 2.24) is 0 Å². The Morgan fingerprint density at radius 1 is 1.25 bits per heavy atom. The lowest BCUT2D eigenvalue weighted by Gasteiger charge is -2.17. The van der Waals surface area contributed by atoms with Crippen molar-refractivity contribution >= 4 is 28.9 Å². The van der Waals surface area contributed by atoms with Gasteiger partial charge in [0.2, 0.25) is 5.69 Å². The summed E-state index contributed by atoms with van der Waals surface area (Å²) < 4.78 is 10.8. The molecule has 0 amide bonds. The fraction of sp³-hybridized carbons (Fsp3) is 0.778. The third-order valence-electron chi connectivity index (χ3n) is 1.20. The predicted molar refractivity (Wildman–Crippen MR) is 71.7 cm³/mol. The fourth-order valence-electron chi connectivity index (χ4n) is 0.791. The minimum atomic E-state index is -3.20. The van der Waals surface area contributed by atoms with Crippen molar-refractivity contribution in [2.75, 3.05) is 5.75 Å². The van der Waals surface area contributed by atoms with E-state index in [1.54, 1.807) is 6.08 Å². The monoisotopic (exact) mass is 286 g/mol. The van der Waals surface area contributed by atoms with Crippen molar-refractivity contribution in [2.24, 2.45) is 0 Å². The molecule has 0 bridgehead atoms. The maximum atomic E-state index is 9.03. The first-order valence-electron chi connectivity index (χ1n) is 4.94. The minimum absolute atomic E-state index is 0.0151. The van der Waals surface area contributed by atoms with Crippen LogP contribution in [-0.2, 0) is 21.3 Å². The quantitative estimate of drug-likeness (QED) is 0.554. The Hall–Kier alpha value is 0.260. The molecule has 0 aliphatic carbocycles. The van der Waals surface area contributed by atoms with E-state index in [1.807, 2.05) is 27.7 Å². The molecule has 7 heteroatoms. The molecule has 0 heterocycles. The van der Waals surface area contributed by atoms with Gasteiger partial charge in [0.05, 0.1) is 12.2 Å². The van der Waals surface area contributed by atoms with Crippen LogP contribution in [0.5, 0.6) is 0 Å². The molecule has 0 aliphatic heterocycles. The lowest BCUT2D eigenvalue weighted by molar-refractivity contribution is -0.0176. The molecule has 0 atom stereocenters. The second-order valence-electron chi connectivity index (χ2n) is 3.64. The summed E-state index contributed by atoms with van der Waals surface area (Å²) in [6.07, 6.45) is 1.70. The number of rotatable bonds is 7. The second-order valence-corrected chi connectivity index (χ2v) is 9.74.